The zero-order valence-electron chi connectivity index (χ0n) is 30.4. The van der Waals surface area contributed by atoms with Crippen LogP contribution in [0.25, 0.3) is 39.0 Å². The molecule has 4 aliphatic rings. The summed E-state index contributed by atoms with van der Waals surface area (Å²) in [5, 5.41) is 11.4. The van der Waals surface area contributed by atoms with E-state index < -0.39 is 47.2 Å². The molecule has 2 aromatic carbocycles. The molecule has 4 aliphatic heterocycles. The van der Waals surface area contributed by atoms with Crippen molar-refractivity contribution < 1.29 is 32.2 Å². The number of aryl methyl sites for hydroxylation is 1. The van der Waals surface area contributed by atoms with E-state index in [9.17, 15) is 18.7 Å². The maximum atomic E-state index is 17.1. The van der Waals surface area contributed by atoms with Crippen LogP contribution in [-0.2, 0) is 4.79 Å². The Morgan fingerprint density at radius 3 is 2.68 bits per heavy atom. The zero-order valence-corrected chi connectivity index (χ0v) is 30.4. The second-order valence-corrected chi connectivity index (χ2v) is 15.1. The van der Waals surface area contributed by atoms with Crippen molar-refractivity contribution in [3.63, 3.8) is 0 Å². The van der Waals surface area contributed by atoms with Gasteiger partial charge in [-0.05, 0) is 62.7 Å². The van der Waals surface area contributed by atoms with Crippen LogP contribution in [0.4, 0.5) is 23.4 Å². The Morgan fingerprint density at radius 2 is 1.91 bits per heavy atom. The number of benzene rings is 2. The number of ether oxygens (including phenoxy) is 1. The van der Waals surface area contributed by atoms with Crippen LogP contribution in [0.5, 0.6) is 11.8 Å². The number of amides is 1. The summed E-state index contributed by atoms with van der Waals surface area (Å²) >= 11 is 0. The lowest BCUT2D eigenvalue weighted by Crippen LogP contribution is -2.56. The predicted octanol–water partition coefficient (Wildman–Crippen LogP) is 6.05. The number of alkyl halides is 1. The van der Waals surface area contributed by atoms with E-state index in [1.807, 2.05) is 4.90 Å². The monoisotopic (exact) mass is 764 g/mol. The van der Waals surface area contributed by atoms with Gasteiger partial charge in [0.25, 0.3) is 5.91 Å². The van der Waals surface area contributed by atoms with Crippen molar-refractivity contribution in [2.24, 2.45) is 0 Å². The number of carbonyl (C=O) groups excluding carboxylic acids is 1. The maximum Gasteiger partial charge on any atom is 0.319 e. The van der Waals surface area contributed by atoms with Crippen LogP contribution in [0.1, 0.15) is 49.1 Å². The molecule has 4 atom stereocenters. The van der Waals surface area contributed by atoms with Crippen LogP contribution >= 0.6 is 0 Å². The number of aromatic nitrogens is 5. The molecule has 286 valence electrons. The number of nitrogens with zero attached hydrogens (tertiary/aromatic N) is 8. The lowest BCUT2D eigenvalue weighted by Gasteiger charge is -2.41. The van der Waals surface area contributed by atoms with Crippen LogP contribution in [0.15, 0.2) is 48.7 Å². The first-order valence-corrected chi connectivity index (χ1v) is 18.6. The molecule has 0 unspecified atom stereocenters. The van der Waals surface area contributed by atoms with Crippen molar-refractivity contribution in [1.82, 2.24) is 34.7 Å². The molecule has 1 amide bonds. The summed E-state index contributed by atoms with van der Waals surface area (Å²) in [6.07, 6.45) is 13.3. The molecular formula is C41H36F4N8O3. The molecule has 0 radical (unpaired) electrons. The van der Waals surface area contributed by atoms with E-state index >= 15 is 8.78 Å². The average Bonchev–Trinajstić information content (AvgIpc) is 3.79. The first-order valence-electron chi connectivity index (χ1n) is 18.6. The fourth-order valence-corrected chi connectivity index (χ4v) is 9.19. The molecule has 9 rings (SSSR count). The second-order valence-electron chi connectivity index (χ2n) is 15.1. The van der Waals surface area contributed by atoms with Gasteiger partial charge in [0.2, 0.25) is 0 Å². The highest BCUT2D eigenvalue weighted by Gasteiger charge is 2.50. The van der Waals surface area contributed by atoms with Crippen molar-refractivity contribution >= 4 is 39.5 Å². The van der Waals surface area contributed by atoms with Gasteiger partial charge in [-0.3, -0.25) is 24.6 Å². The van der Waals surface area contributed by atoms with Gasteiger partial charge >= 0.3 is 6.01 Å². The number of hydrogen-bond acceptors (Lipinski definition) is 10. The standard InChI is InChI=1S/C41H36F4N8O3/c1-3-29-32(43)8-5-23-11-28(54)13-30(34(23)29)36-35(45)37-31(17-47-36)38(50-40(49-37)56-21-41-9-4-10-52(41)18-24(42)14-41)51-19-26-6-7-27(20-51)53(26)39(55)33(44)12-25-16-46-15-22(2)48-25/h1,5,8,11-13,15-17,24,26-27,54H,4,6-7,9-10,14,18-21H2,2H3/b33-12-/t24-,26-,27+,41+/m1/s1. The topological polar surface area (TPSA) is 121 Å². The molecule has 4 fully saturated rings. The molecule has 2 bridgehead atoms. The Labute approximate surface area is 319 Å². The van der Waals surface area contributed by atoms with E-state index in [0.717, 1.165) is 25.5 Å². The molecular weight excluding hydrogens is 728 g/mol. The molecule has 56 heavy (non-hydrogen) atoms. The summed E-state index contributed by atoms with van der Waals surface area (Å²) in [5.41, 5.74) is -0.161. The largest absolute Gasteiger partial charge is 0.508 e. The molecule has 1 N–H and O–H groups in total. The molecule has 7 heterocycles. The molecule has 11 nitrogen and oxygen atoms in total. The van der Waals surface area contributed by atoms with E-state index in [1.54, 1.807) is 11.8 Å². The highest BCUT2D eigenvalue weighted by molar-refractivity contribution is 6.03. The highest BCUT2D eigenvalue weighted by atomic mass is 19.1. The van der Waals surface area contributed by atoms with Crippen LogP contribution < -0.4 is 9.64 Å². The number of hydrogen-bond donors (Lipinski definition) is 1. The van der Waals surface area contributed by atoms with Gasteiger partial charge in [-0.25, -0.2) is 17.6 Å². The predicted molar refractivity (Wildman–Crippen MR) is 200 cm³/mol. The summed E-state index contributed by atoms with van der Waals surface area (Å²) in [5.74, 6) is -0.847. The summed E-state index contributed by atoms with van der Waals surface area (Å²) in [6, 6.07) is 4.37. The Bertz CT molecular complexity index is 2500. The molecule has 15 heteroatoms. The van der Waals surface area contributed by atoms with E-state index in [1.165, 1.54) is 42.9 Å². The number of rotatable bonds is 7. The SMILES string of the molecule is C#Cc1c(F)ccc2cc(O)cc(-c3ncc4c(N5C[C@H]6CC[C@@H](C5)N6C(=O)/C(F)=C/c5cncc(C)n5)nc(OC[C@@]56CCCN5C[C@H](F)C6)nc4c3F)c12. The van der Waals surface area contributed by atoms with E-state index in [0.29, 0.717) is 42.7 Å². The number of piperazine rings is 1. The maximum absolute atomic E-state index is 17.1. The highest BCUT2D eigenvalue weighted by Crippen LogP contribution is 2.43. The average molecular weight is 765 g/mol. The van der Waals surface area contributed by atoms with Crippen molar-refractivity contribution in [1.29, 1.82) is 0 Å². The molecule has 3 aromatic heterocycles. The van der Waals surface area contributed by atoms with Gasteiger partial charge in [-0.15, -0.1) is 6.42 Å². The van der Waals surface area contributed by atoms with Crippen LogP contribution in [-0.4, -0.2) is 102 Å². The number of anilines is 1. The number of carbonyl (C=O) groups is 1. The van der Waals surface area contributed by atoms with Crippen molar-refractivity contribution in [3.05, 3.63) is 77.3 Å². The summed E-state index contributed by atoms with van der Waals surface area (Å²) in [7, 11) is 0. The third-order valence-corrected chi connectivity index (χ3v) is 11.6. The van der Waals surface area contributed by atoms with Crippen molar-refractivity contribution in [2.45, 2.75) is 62.8 Å². The number of terminal acetylenes is 1. The number of halogens is 4. The Morgan fingerprint density at radius 1 is 1.11 bits per heavy atom. The van der Waals surface area contributed by atoms with Gasteiger partial charge in [-0.1, -0.05) is 12.0 Å². The molecule has 0 aliphatic carbocycles. The van der Waals surface area contributed by atoms with Gasteiger partial charge in [0.15, 0.2) is 11.6 Å². The Kier molecular flexibility index (Phi) is 8.76. The number of pyridine rings is 1. The first-order chi connectivity index (χ1) is 27.0. The second kappa shape index (κ2) is 13.7. The molecule has 0 spiro atoms. The third-order valence-electron chi connectivity index (χ3n) is 11.6. The third kappa shape index (κ3) is 6.03. The fraction of sp³-hybridized carbons (Fsp3) is 0.366. The van der Waals surface area contributed by atoms with Crippen molar-refractivity contribution in [2.75, 3.05) is 37.7 Å². The Hall–Kier alpha value is -5.88. The first kappa shape index (κ1) is 35.8. The summed E-state index contributed by atoms with van der Waals surface area (Å²) in [6.45, 7) is 3.37. The quantitative estimate of drug-likeness (QED) is 0.119. The minimum Gasteiger partial charge on any atom is -0.508 e. The van der Waals surface area contributed by atoms with Crippen LogP contribution in [0.3, 0.4) is 0 Å². The van der Waals surface area contributed by atoms with Crippen LogP contribution in [0, 0.1) is 30.9 Å². The van der Waals surface area contributed by atoms with Gasteiger partial charge in [-0.2, -0.15) is 9.97 Å². The number of phenolic OH excluding ortho intramolecular Hbond substituents is 1. The molecule has 4 saturated heterocycles. The lowest BCUT2D eigenvalue weighted by molar-refractivity contribution is -0.131. The zero-order chi connectivity index (χ0) is 38.9. The van der Waals surface area contributed by atoms with Gasteiger partial charge < -0.3 is 19.6 Å². The van der Waals surface area contributed by atoms with Crippen molar-refractivity contribution in [3.8, 4) is 35.4 Å². The summed E-state index contributed by atoms with van der Waals surface area (Å²) in [4.78, 5) is 41.1. The van der Waals surface area contributed by atoms with Gasteiger partial charge in [0.05, 0.1) is 46.2 Å². The fourth-order valence-electron chi connectivity index (χ4n) is 9.19. The van der Waals surface area contributed by atoms with E-state index in [2.05, 4.69) is 30.8 Å². The molecule has 5 aromatic rings. The van der Waals surface area contributed by atoms with Gasteiger partial charge in [0.1, 0.15) is 41.4 Å². The minimum atomic E-state index is -0.994. The summed E-state index contributed by atoms with van der Waals surface area (Å²) < 4.78 is 68.4. The van der Waals surface area contributed by atoms with E-state index in [-0.39, 0.29) is 70.3 Å². The number of fused-ring (bicyclic) bond motifs is 5. The smallest absolute Gasteiger partial charge is 0.319 e. The minimum absolute atomic E-state index is 0.0619. The van der Waals surface area contributed by atoms with Gasteiger partial charge in [0, 0.05) is 55.5 Å². The van der Waals surface area contributed by atoms with E-state index in [4.69, 9.17) is 16.1 Å². The normalized spacial score (nSPS) is 23.6. The number of aromatic hydroxyl groups is 1. The lowest BCUT2D eigenvalue weighted by atomic mass is 9.95. The number of phenols is 1. The Balaban J connectivity index is 1.11. The van der Waals surface area contributed by atoms with Crippen LogP contribution in [0.2, 0.25) is 0 Å². The molecule has 0 saturated carbocycles.